The van der Waals surface area contributed by atoms with Gasteiger partial charge in [-0.2, -0.15) is 0 Å². The van der Waals surface area contributed by atoms with Gasteiger partial charge in [0.05, 0.1) is 5.56 Å². The fraction of sp³-hybridized carbons (Fsp3) is 0.406. The number of anilines is 1. The van der Waals surface area contributed by atoms with Gasteiger partial charge in [-0.05, 0) is 76.5 Å². The summed E-state index contributed by atoms with van der Waals surface area (Å²) in [6.45, 7) is 6.89. The Morgan fingerprint density at radius 1 is 0.658 bits per heavy atom. The summed E-state index contributed by atoms with van der Waals surface area (Å²) in [5.41, 5.74) is 7.75. The number of rotatable bonds is 13. The van der Waals surface area contributed by atoms with Crippen LogP contribution in [0.2, 0.25) is 0 Å². The Balaban J connectivity index is 1.56. The number of amides is 1. The van der Waals surface area contributed by atoms with Crippen LogP contribution in [0.3, 0.4) is 0 Å². The lowest BCUT2D eigenvalue weighted by Crippen LogP contribution is -2.35. The molecule has 0 spiro atoms. The maximum Gasteiger partial charge on any atom is 0.255 e. The Morgan fingerprint density at radius 3 is 1.68 bits per heavy atom. The molecule has 0 saturated heterocycles. The fourth-order valence-electron chi connectivity index (χ4n) is 4.45. The van der Waals surface area contributed by atoms with E-state index < -0.39 is 0 Å². The number of hydrogen-bond donors (Lipinski definition) is 1. The molecular weight excluding hydrogens is 470 g/mol. The molecule has 204 valence electrons. The minimum atomic E-state index is 0.0407. The van der Waals surface area contributed by atoms with Gasteiger partial charge in [0, 0.05) is 52.0 Å². The van der Waals surface area contributed by atoms with E-state index in [0.29, 0.717) is 13.1 Å². The SMILES string of the molecule is Cc1ccc(NCc2ccc(CN(C)C)cc2)c(C(=O)N(C)CCN(C)Cc2ccc(CN(C)C)cc2)c1. The third kappa shape index (κ3) is 9.28. The summed E-state index contributed by atoms with van der Waals surface area (Å²) < 4.78 is 0. The maximum atomic E-state index is 13.4. The van der Waals surface area contributed by atoms with Crippen molar-refractivity contribution in [2.75, 3.05) is 60.7 Å². The van der Waals surface area contributed by atoms with Crippen LogP contribution < -0.4 is 5.32 Å². The highest BCUT2D eigenvalue weighted by molar-refractivity contribution is 5.99. The zero-order chi connectivity index (χ0) is 27.7. The first-order valence-corrected chi connectivity index (χ1v) is 13.3. The normalized spacial score (nSPS) is 11.4. The summed E-state index contributed by atoms with van der Waals surface area (Å²) in [6, 6.07) is 23.5. The van der Waals surface area contributed by atoms with Crippen LogP contribution >= 0.6 is 0 Å². The first kappa shape index (κ1) is 29.4. The van der Waals surface area contributed by atoms with E-state index in [1.165, 1.54) is 22.3 Å². The molecular formula is C32H45N5O. The molecule has 38 heavy (non-hydrogen) atoms. The smallest absolute Gasteiger partial charge is 0.255 e. The highest BCUT2D eigenvalue weighted by Gasteiger charge is 2.17. The monoisotopic (exact) mass is 515 g/mol. The lowest BCUT2D eigenvalue weighted by molar-refractivity contribution is 0.0782. The lowest BCUT2D eigenvalue weighted by atomic mass is 10.1. The van der Waals surface area contributed by atoms with Gasteiger partial charge in [0.25, 0.3) is 5.91 Å². The van der Waals surface area contributed by atoms with Gasteiger partial charge in [-0.3, -0.25) is 4.79 Å². The first-order chi connectivity index (χ1) is 18.1. The van der Waals surface area contributed by atoms with Crippen molar-refractivity contribution in [2.45, 2.75) is 33.1 Å². The van der Waals surface area contributed by atoms with E-state index in [9.17, 15) is 4.79 Å². The molecule has 3 rings (SSSR count). The van der Waals surface area contributed by atoms with Gasteiger partial charge in [0.15, 0.2) is 0 Å². The summed E-state index contributed by atoms with van der Waals surface area (Å²) in [7, 11) is 12.3. The Bertz CT molecular complexity index is 1160. The number of nitrogens with zero attached hydrogens (tertiary/aromatic N) is 4. The molecule has 0 aliphatic carbocycles. The Morgan fingerprint density at radius 2 is 1.16 bits per heavy atom. The van der Waals surface area contributed by atoms with Gasteiger partial charge in [0.2, 0.25) is 0 Å². The quantitative estimate of drug-likeness (QED) is 0.350. The summed E-state index contributed by atoms with van der Waals surface area (Å²) in [5.74, 6) is 0.0407. The van der Waals surface area contributed by atoms with Gasteiger partial charge in [-0.1, -0.05) is 60.2 Å². The highest BCUT2D eigenvalue weighted by atomic mass is 16.2. The second-order valence-electron chi connectivity index (χ2n) is 11.0. The van der Waals surface area contributed by atoms with Crippen molar-refractivity contribution < 1.29 is 4.79 Å². The number of hydrogen-bond acceptors (Lipinski definition) is 5. The predicted molar refractivity (Wildman–Crippen MR) is 159 cm³/mol. The standard InChI is InChI=1S/C32H45N5O/c1-25-8-17-31(33-21-26-9-11-27(12-10-26)22-34(2)3)30(20-25)32(38)37(7)19-18-36(6)24-29-15-13-28(14-16-29)23-35(4)5/h8-17,20,33H,18-19,21-24H2,1-7H3. The summed E-state index contributed by atoms with van der Waals surface area (Å²) >= 11 is 0. The highest BCUT2D eigenvalue weighted by Crippen LogP contribution is 2.20. The zero-order valence-corrected chi connectivity index (χ0v) is 24.3. The molecule has 0 unspecified atom stereocenters. The largest absolute Gasteiger partial charge is 0.380 e. The maximum absolute atomic E-state index is 13.4. The van der Waals surface area contributed by atoms with Crippen molar-refractivity contribution in [1.29, 1.82) is 0 Å². The number of carbonyl (C=O) groups excluding carboxylic acids is 1. The predicted octanol–water partition coefficient (Wildman–Crippen LogP) is 4.93. The number of carbonyl (C=O) groups is 1. The molecule has 0 heterocycles. The van der Waals surface area contributed by atoms with E-state index in [0.717, 1.165) is 43.0 Å². The molecule has 0 fully saturated rings. The van der Waals surface area contributed by atoms with E-state index in [2.05, 4.69) is 110 Å². The van der Waals surface area contributed by atoms with Gasteiger partial charge in [-0.15, -0.1) is 0 Å². The van der Waals surface area contributed by atoms with Gasteiger partial charge in [0.1, 0.15) is 0 Å². The van der Waals surface area contributed by atoms with Crippen molar-refractivity contribution in [3.8, 4) is 0 Å². The molecule has 0 bridgehead atoms. The average Bonchev–Trinajstić information content (AvgIpc) is 2.87. The summed E-state index contributed by atoms with van der Waals surface area (Å²) in [5, 5.41) is 3.50. The molecule has 3 aromatic carbocycles. The van der Waals surface area contributed by atoms with Crippen molar-refractivity contribution in [3.05, 3.63) is 100 Å². The van der Waals surface area contributed by atoms with Gasteiger partial charge in [-0.25, -0.2) is 0 Å². The van der Waals surface area contributed by atoms with E-state index in [1.54, 1.807) is 0 Å². The molecule has 1 N–H and O–H groups in total. The Hall–Kier alpha value is -3.19. The van der Waals surface area contributed by atoms with E-state index in [-0.39, 0.29) is 5.91 Å². The third-order valence-electron chi connectivity index (χ3n) is 6.55. The zero-order valence-electron chi connectivity index (χ0n) is 24.3. The lowest BCUT2D eigenvalue weighted by Gasteiger charge is -2.24. The molecule has 0 aliphatic rings. The van der Waals surface area contributed by atoms with Crippen molar-refractivity contribution >= 4 is 11.6 Å². The van der Waals surface area contributed by atoms with Crippen LogP contribution in [0, 0.1) is 6.92 Å². The summed E-state index contributed by atoms with van der Waals surface area (Å²) in [4.78, 5) is 21.9. The van der Waals surface area contributed by atoms with E-state index in [4.69, 9.17) is 0 Å². The minimum absolute atomic E-state index is 0.0407. The second kappa shape index (κ2) is 14.1. The van der Waals surface area contributed by atoms with Crippen LogP contribution in [0.5, 0.6) is 0 Å². The minimum Gasteiger partial charge on any atom is -0.380 e. The Labute approximate surface area is 229 Å². The molecule has 0 aliphatic heterocycles. The molecule has 3 aromatic rings. The van der Waals surface area contributed by atoms with Crippen molar-refractivity contribution in [2.24, 2.45) is 0 Å². The molecule has 0 atom stereocenters. The van der Waals surface area contributed by atoms with Crippen LogP contribution in [0.4, 0.5) is 5.69 Å². The average molecular weight is 516 g/mol. The van der Waals surface area contributed by atoms with Gasteiger partial charge >= 0.3 is 0 Å². The van der Waals surface area contributed by atoms with E-state index in [1.807, 2.05) is 31.0 Å². The summed E-state index contributed by atoms with van der Waals surface area (Å²) in [6.07, 6.45) is 0. The fourth-order valence-corrected chi connectivity index (χ4v) is 4.45. The van der Waals surface area contributed by atoms with Crippen LogP contribution in [0.15, 0.2) is 66.7 Å². The second-order valence-corrected chi connectivity index (χ2v) is 11.0. The van der Waals surface area contributed by atoms with Gasteiger partial charge < -0.3 is 24.9 Å². The first-order valence-electron chi connectivity index (χ1n) is 13.3. The number of nitrogens with one attached hydrogen (secondary N) is 1. The molecule has 6 heteroatoms. The van der Waals surface area contributed by atoms with Crippen LogP contribution in [-0.2, 0) is 26.2 Å². The molecule has 0 aromatic heterocycles. The van der Waals surface area contributed by atoms with Crippen molar-refractivity contribution in [1.82, 2.24) is 19.6 Å². The Kier molecular flexibility index (Phi) is 10.9. The topological polar surface area (TPSA) is 42.1 Å². The number of likely N-dealkylation sites (N-methyl/N-ethyl adjacent to an activating group) is 2. The molecule has 0 saturated carbocycles. The van der Waals surface area contributed by atoms with Crippen LogP contribution in [0.25, 0.3) is 0 Å². The third-order valence-corrected chi connectivity index (χ3v) is 6.55. The molecule has 1 amide bonds. The van der Waals surface area contributed by atoms with Crippen molar-refractivity contribution in [3.63, 3.8) is 0 Å². The van der Waals surface area contributed by atoms with Crippen LogP contribution in [0.1, 0.15) is 38.2 Å². The number of benzene rings is 3. The van der Waals surface area contributed by atoms with Crippen LogP contribution in [-0.4, -0.2) is 80.9 Å². The molecule has 0 radical (unpaired) electrons. The van der Waals surface area contributed by atoms with E-state index >= 15 is 0 Å². The number of aryl methyl sites for hydroxylation is 1. The molecule has 6 nitrogen and oxygen atoms in total.